The molecule has 0 amide bonds. The topological polar surface area (TPSA) is 67.2 Å². The summed E-state index contributed by atoms with van der Waals surface area (Å²) < 4.78 is 0. The Hall–Kier alpha value is -1.40. The highest BCUT2D eigenvalue weighted by molar-refractivity contribution is 7.80. The zero-order chi connectivity index (χ0) is 17.6. The number of halogens is 1. The Balaban J connectivity index is 1.39. The summed E-state index contributed by atoms with van der Waals surface area (Å²) in [5, 5.41) is 18.2. The fourth-order valence-corrected chi connectivity index (χ4v) is 6.01. The molecule has 5 rings (SSSR count). The molecule has 0 aliphatic heterocycles. The SMILES string of the molecule is O=[N+]([O-])c1ccc(Cl)c(NC(=S)NCC23CC4CC(CC(C4)C2)C3)c1. The van der Waals surface area contributed by atoms with Crippen molar-refractivity contribution in [1.29, 1.82) is 0 Å². The Morgan fingerprint density at radius 1 is 1.24 bits per heavy atom. The van der Waals surface area contributed by atoms with E-state index in [-0.39, 0.29) is 5.69 Å². The van der Waals surface area contributed by atoms with Crippen molar-refractivity contribution < 1.29 is 4.92 Å². The van der Waals surface area contributed by atoms with Gasteiger partial charge in [-0.15, -0.1) is 0 Å². The summed E-state index contributed by atoms with van der Waals surface area (Å²) in [6.07, 6.45) is 8.20. The van der Waals surface area contributed by atoms with Crippen molar-refractivity contribution in [2.24, 2.45) is 23.2 Å². The van der Waals surface area contributed by atoms with Gasteiger partial charge < -0.3 is 10.6 Å². The number of rotatable bonds is 4. The number of thiocarbonyl (C=S) groups is 1. The molecule has 1 aromatic rings. The van der Waals surface area contributed by atoms with E-state index in [4.69, 9.17) is 23.8 Å². The number of hydrogen-bond donors (Lipinski definition) is 2. The van der Waals surface area contributed by atoms with E-state index in [0.29, 0.717) is 21.2 Å². The maximum atomic E-state index is 10.9. The van der Waals surface area contributed by atoms with Gasteiger partial charge >= 0.3 is 0 Å². The number of anilines is 1. The van der Waals surface area contributed by atoms with Gasteiger partial charge in [-0.05, 0) is 80.0 Å². The highest BCUT2D eigenvalue weighted by Crippen LogP contribution is 2.59. The van der Waals surface area contributed by atoms with E-state index in [1.807, 2.05) is 0 Å². The first kappa shape index (κ1) is 17.0. The van der Waals surface area contributed by atoms with Crippen LogP contribution in [0.4, 0.5) is 11.4 Å². The molecule has 0 heterocycles. The van der Waals surface area contributed by atoms with Crippen molar-refractivity contribution in [3.8, 4) is 0 Å². The first-order valence-electron chi connectivity index (χ1n) is 8.91. The van der Waals surface area contributed by atoms with Crippen LogP contribution in [-0.4, -0.2) is 16.6 Å². The summed E-state index contributed by atoms with van der Waals surface area (Å²) in [7, 11) is 0. The van der Waals surface area contributed by atoms with Crippen molar-refractivity contribution >= 4 is 40.3 Å². The number of nitrogens with zero attached hydrogens (tertiary/aromatic N) is 1. The Bertz CT molecular complexity index is 689. The van der Waals surface area contributed by atoms with Crippen LogP contribution in [0.3, 0.4) is 0 Å². The predicted molar refractivity (Wildman–Crippen MR) is 103 cm³/mol. The monoisotopic (exact) mass is 379 g/mol. The fraction of sp³-hybridized carbons (Fsp3) is 0.611. The van der Waals surface area contributed by atoms with Gasteiger partial charge in [-0.3, -0.25) is 10.1 Å². The molecule has 4 aliphatic rings. The van der Waals surface area contributed by atoms with Gasteiger partial charge in [-0.2, -0.15) is 0 Å². The summed E-state index contributed by atoms with van der Waals surface area (Å²) in [5.74, 6) is 2.71. The third-order valence-corrected chi connectivity index (χ3v) is 6.77. The molecule has 7 heteroatoms. The van der Waals surface area contributed by atoms with Crippen molar-refractivity contribution in [3.05, 3.63) is 33.3 Å². The van der Waals surface area contributed by atoms with E-state index < -0.39 is 4.92 Å². The number of nitrogens with one attached hydrogen (secondary N) is 2. The van der Waals surface area contributed by atoms with Crippen LogP contribution in [-0.2, 0) is 0 Å². The number of nitro groups is 1. The van der Waals surface area contributed by atoms with Crippen LogP contribution < -0.4 is 10.6 Å². The molecule has 2 N–H and O–H groups in total. The lowest BCUT2D eigenvalue weighted by Crippen LogP contribution is -2.51. The summed E-state index contributed by atoms with van der Waals surface area (Å²) in [6.45, 7) is 0.884. The first-order valence-corrected chi connectivity index (χ1v) is 9.70. The molecule has 0 spiro atoms. The Labute approximate surface area is 157 Å². The zero-order valence-corrected chi connectivity index (χ0v) is 15.5. The van der Waals surface area contributed by atoms with E-state index in [9.17, 15) is 10.1 Å². The molecule has 4 bridgehead atoms. The molecule has 4 fully saturated rings. The largest absolute Gasteiger partial charge is 0.362 e. The lowest BCUT2D eigenvalue weighted by Gasteiger charge is -2.57. The molecule has 4 aliphatic carbocycles. The van der Waals surface area contributed by atoms with Gasteiger partial charge in [0.05, 0.1) is 15.6 Å². The molecule has 1 aromatic carbocycles. The number of non-ortho nitro benzene ring substituents is 1. The quantitative estimate of drug-likeness (QED) is 0.449. The molecule has 0 saturated heterocycles. The minimum atomic E-state index is -0.437. The lowest BCUT2D eigenvalue weighted by molar-refractivity contribution is -0.384. The van der Waals surface area contributed by atoms with Crippen molar-refractivity contribution in [2.45, 2.75) is 38.5 Å². The number of hydrogen-bond acceptors (Lipinski definition) is 3. The van der Waals surface area contributed by atoms with Gasteiger partial charge in [0, 0.05) is 18.7 Å². The number of benzene rings is 1. The minimum absolute atomic E-state index is 0.00390. The van der Waals surface area contributed by atoms with E-state index in [1.165, 1.54) is 56.7 Å². The molecule has 0 atom stereocenters. The average Bonchev–Trinajstić information content (AvgIpc) is 2.54. The smallest absolute Gasteiger partial charge is 0.271 e. The van der Waals surface area contributed by atoms with Crippen molar-refractivity contribution in [2.75, 3.05) is 11.9 Å². The van der Waals surface area contributed by atoms with Crippen molar-refractivity contribution in [3.63, 3.8) is 0 Å². The van der Waals surface area contributed by atoms with Crippen molar-refractivity contribution in [1.82, 2.24) is 5.32 Å². The summed E-state index contributed by atoms with van der Waals surface area (Å²) in [5.41, 5.74) is 0.849. The lowest BCUT2D eigenvalue weighted by atomic mass is 9.49. The molecule has 0 unspecified atom stereocenters. The molecule has 0 radical (unpaired) electrons. The van der Waals surface area contributed by atoms with Gasteiger partial charge in [0.1, 0.15) is 0 Å². The Morgan fingerprint density at radius 2 is 1.84 bits per heavy atom. The normalized spacial score (nSPS) is 32.4. The standard InChI is InChI=1S/C18H22ClN3O2S/c19-15-2-1-14(22(23)24)6-16(15)21-17(25)20-10-18-7-11-3-12(8-18)5-13(4-11)9-18/h1-2,6,11-13H,3-5,7-10H2,(H2,20,21,25). The van der Waals surface area contributed by atoms with Crippen LogP contribution in [0.2, 0.25) is 5.02 Å². The first-order chi connectivity index (χ1) is 11.9. The zero-order valence-electron chi connectivity index (χ0n) is 14.0. The molecule has 25 heavy (non-hydrogen) atoms. The highest BCUT2D eigenvalue weighted by Gasteiger charge is 2.50. The summed E-state index contributed by atoms with van der Waals surface area (Å²) in [6, 6.07) is 4.32. The van der Waals surface area contributed by atoms with Crippen LogP contribution >= 0.6 is 23.8 Å². The fourth-order valence-electron chi connectivity index (χ4n) is 5.66. The average molecular weight is 380 g/mol. The van der Waals surface area contributed by atoms with E-state index in [2.05, 4.69) is 10.6 Å². The molecule has 134 valence electrons. The predicted octanol–water partition coefficient (Wildman–Crippen LogP) is 4.75. The molecule has 5 nitrogen and oxygen atoms in total. The van der Waals surface area contributed by atoms with Crippen LogP contribution in [0, 0.1) is 33.3 Å². The van der Waals surface area contributed by atoms with E-state index in [0.717, 1.165) is 24.3 Å². The van der Waals surface area contributed by atoms with Gasteiger partial charge in [-0.25, -0.2) is 0 Å². The molecule has 4 saturated carbocycles. The molecular formula is C18H22ClN3O2S. The Morgan fingerprint density at radius 3 is 2.40 bits per heavy atom. The maximum absolute atomic E-state index is 10.9. The Kier molecular flexibility index (Phi) is 4.36. The minimum Gasteiger partial charge on any atom is -0.362 e. The second kappa shape index (κ2) is 6.40. The van der Waals surface area contributed by atoms with E-state index >= 15 is 0 Å². The van der Waals surface area contributed by atoms with Crippen LogP contribution in [0.1, 0.15) is 38.5 Å². The maximum Gasteiger partial charge on any atom is 0.271 e. The number of nitro benzene ring substituents is 1. The summed E-state index contributed by atoms with van der Waals surface area (Å²) in [4.78, 5) is 10.5. The van der Waals surface area contributed by atoms with Gasteiger partial charge in [-0.1, -0.05) is 11.6 Å². The molecule has 0 aromatic heterocycles. The second-order valence-corrected chi connectivity index (χ2v) is 8.96. The third kappa shape index (κ3) is 3.47. The van der Waals surface area contributed by atoms with Crippen LogP contribution in [0.15, 0.2) is 18.2 Å². The van der Waals surface area contributed by atoms with Gasteiger partial charge in [0.2, 0.25) is 0 Å². The van der Waals surface area contributed by atoms with Crippen LogP contribution in [0.25, 0.3) is 0 Å². The molecular weight excluding hydrogens is 358 g/mol. The highest BCUT2D eigenvalue weighted by atomic mass is 35.5. The van der Waals surface area contributed by atoms with Gasteiger partial charge in [0.15, 0.2) is 5.11 Å². The third-order valence-electron chi connectivity index (χ3n) is 6.20. The van der Waals surface area contributed by atoms with E-state index in [1.54, 1.807) is 0 Å². The van der Waals surface area contributed by atoms with Gasteiger partial charge in [0.25, 0.3) is 5.69 Å². The summed E-state index contributed by atoms with van der Waals surface area (Å²) >= 11 is 11.5. The van der Waals surface area contributed by atoms with Crippen LogP contribution in [0.5, 0.6) is 0 Å². The second-order valence-electron chi connectivity index (χ2n) is 8.15.